The second-order valence-corrected chi connectivity index (χ2v) is 0.756. The topological polar surface area (TPSA) is 46.9 Å². The highest BCUT2D eigenvalue weighted by Gasteiger charge is 1.72. The molecule has 0 aromatic heterocycles. The van der Waals surface area contributed by atoms with E-state index in [1.165, 1.54) is 0 Å². The van der Waals surface area contributed by atoms with E-state index in [0.29, 0.717) is 0 Å². The van der Waals surface area contributed by atoms with Crippen LogP contribution >= 0.6 is 0 Å². The van der Waals surface area contributed by atoms with Gasteiger partial charge in [0, 0.05) is 0 Å². The second-order valence-electron chi connectivity index (χ2n) is 0.756. The van der Waals surface area contributed by atoms with Crippen LogP contribution in [0.2, 0.25) is 0 Å². The zero-order chi connectivity index (χ0) is 5.70. The molecule has 0 aliphatic rings. The van der Waals surface area contributed by atoms with Crippen LogP contribution in [0, 0.1) is 11.5 Å². The maximum Gasteiger partial charge on any atom is 0.221 e. The van der Waals surface area contributed by atoms with Crippen LogP contribution in [0.4, 0.5) is 0 Å². The zero-order valence-corrected chi connectivity index (χ0v) is 3.62. The third-order valence-corrected chi connectivity index (χ3v) is 0.264. The maximum atomic E-state index is 9.63. The van der Waals surface area contributed by atoms with Crippen LogP contribution in [0.15, 0.2) is 18.0 Å². The first kappa shape index (κ1) is 5.68. The molecule has 0 aromatic rings. The van der Waals surface area contributed by atoms with Crippen molar-refractivity contribution in [3.8, 4) is 0 Å². The van der Waals surface area contributed by atoms with Gasteiger partial charge in [-0.1, -0.05) is 0 Å². The molecule has 0 aliphatic heterocycles. The number of hydrogen-bond donors (Lipinski definition) is 1. The van der Waals surface area contributed by atoms with E-state index in [4.69, 9.17) is 5.41 Å². The van der Waals surface area contributed by atoms with E-state index in [1.54, 1.807) is 0 Å². The van der Waals surface area contributed by atoms with Crippen molar-refractivity contribution in [1.82, 2.24) is 0 Å². The molecule has 0 rings (SSSR count). The van der Waals surface area contributed by atoms with Crippen molar-refractivity contribution in [2.75, 3.05) is 0 Å². The molecule has 0 radical (unpaired) electrons. The molecule has 0 saturated carbocycles. The molecule has 0 spiro atoms. The van der Waals surface area contributed by atoms with Gasteiger partial charge in [-0.15, -0.1) is 0 Å². The Morgan fingerprint density at radius 2 is 2.43 bits per heavy atom. The molecule has 2 nitrogen and oxygen atoms in total. The summed E-state index contributed by atoms with van der Waals surface area (Å²) in [4.78, 5) is 0. The van der Waals surface area contributed by atoms with Crippen LogP contribution in [-0.4, -0.2) is 5.90 Å². The molecular weight excluding hydrogens is 90.1 g/mol. The molecule has 34 valence electrons. The van der Waals surface area contributed by atoms with Gasteiger partial charge in [-0.3, -0.25) is 5.41 Å². The smallest absolute Gasteiger partial charge is 0.221 e. The van der Waals surface area contributed by atoms with E-state index < -0.39 is 5.90 Å². The Morgan fingerprint density at radius 1 is 1.86 bits per heavy atom. The molecular formula is C5H3NO. The lowest BCUT2D eigenvalue weighted by molar-refractivity contribution is -0.214. The Bertz CT molecular complexity index is 147. The molecule has 7 heavy (non-hydrogen) atoms. The zero-order valence-electron chi connectivity index (χ0n) is 3.62. The van der Waals surface area contributed by atoms with Gasteiger partial charge in [-0.2, -0.15) is 0 Å². The summed E-state index contributed by atoms with van der Waals surface area (Å²) in [5, 5.41) is 15.8. The largest absolute Gasteiger partial charge is 0.835 e. The summed E-state index contributed by atoms with van der Waals surface area (Å²) < 4.78 is 0. The van der Waals surface area contributed by atoms with E-state index in [1.807, 2.05) is 6.08 Å². The van der Waals surface area contributed by atoms with Crippen LogP contribution in [0.5, 0.6) is 0 Å². The van der Waals surface area contributed by atoms with Gasteiger partial charge in [-0.05, 0) is 0 Å². The van der Waals surface area contributed by atoms with Crippen molar-refractivity contribution in [2.45, 2.75) is 0 Å². The van der Waals surface area contributed by atoms with Crippen molar-refractivity contribution in [3.05, 3.63) is 24.1 Å². The lowest BCUT2D eigenvalue weighted by Crippen LogP contribution is -2.11. The van der Waals surface area contributed by atoms with Crippen LogP contribution < -0.4 is 5.11 Å². The van der Waals surface area contributed by atoms with E-state index in [2.05, 4.69) is 18.0 Å². The number of nitrogens with one attached hydrogen (secondary N) is 1. The summed E-state index contributed by atoms with van der Waals surface area (Å²) >= 11 is 0. The first-order valence-corrected chi connectivity index (χ1v) is 1.56. The quantitative estimate of drug-likeness (QED) is 0.204. The van der Waals surface area contributed by atoms with E-state index in [-0.39, 0.29) is 0 Å². The minimum absolute atomic E-state index is 0.906. The van der Waals surface area contributed by atoms with Crippen LogP contribution in [0.3, 0.4) is 0 Å². The number of hydrogen-bond acceptors (Lipinski definition) is 2. The Hall–Kier alpha value is -1.32. The SMILES string of the molecule is C=C=C=[C+]C(=N)[O-]. The summed E-state index contributed by atoms with van der Waals surface area (Å²) in [6, 6.07) is 0. The summed E-state index contributed by atoms with van der Waals surface area (Å²) in [5.74, 6) is -0.906. The molecule has 1 N–H and O–H groups in total. The van der Waals surface area contributed by atoms with Crippen molar-refractivity contribution < 1.29 is 5.11 Å². The minimum atomic E-state index is -0.906. The summed E-state index contributed by atoms with van der Waals surface area (Å²) in [5.41, 5.74) is 4.25. The van der Waals surface area contributed by atoms with E-state index >= 15 is 0 Å². The Morgan fingerprint density at radius 3 is 2.57 bits per heavy atom. The fraction of sp³-hybridized carbons (Fsp3) is 0. The van der Waals surface area contributed by atoms with Gasteiger partial charge in [0.05, 0.1) is 6.58 Å². The van der Waals surface area contributed by atoms with Gasteiger partial charge >= 0.3 is 0 Å². The fourth-order valence-electron chi connectivity index (χ4n) is 0.101. The molecule has 0 saturated heterocycles. The standard InChI is InChI=1S/C5H3NO/c1-2-3-4-5(6)7/h1H2,(H-,6,7). The van der Waals surface area contributed by atoms with Gasteiger partial charge in [0.25, 0.3) is 0 Å². The Kier molecular flexibility index (Phi) is 2.35. The average Bonchev–Trinajstić information content (AvgIpc) is 1.61. The molecule has 0 fully saturated rings. The summed E-state index contributed by atoms with van der Waals surface area (Å²) in [6.45, 7) is 3.10. The summed E-state index contributed by atoms with van der Waals surface area (Å²) in [7, 11) is 0. The lowest BCUT2D eigenvalue weighted by Gasteiger charge is -1.80. The van der Waals surface area contributed by atoms with Crippen molar-refractivity contribution in [1.29, 1.82) is 5.41 Å². The number of rotatable bonds is 1. The fourth-order valence-corrected chi connectivity index (χ4v) is 0.101. The molecule has 0 atom stereocenters. The van der Waals surface area contributed by atoms with E-state index in [0.717, 1.165) is 0 Å². The second kappa shape index (κ2) is 2.89. The van der Waals surface area contributed by atoms with Gasteiger partial charge in [0.1, 0.15) is 5.90 Å². The van der Waals surface area contributed by atoms with Crippen LogP contribution in [0.25, 0.3) is 0 Å². The third-order valence-electron chi connectivity index (χ3n) is 0.264. The van der Waals surface area contributed by atoms with Gasteiger partial charge < -0.3 is 5.11 Å². The maximum absolute atomic E-state index is 9.63. The predicted octanol–water partition coefficient (Wildman–Crippen LogP) is -0.377. The van der Waals surface area contributed by atoms with Crippen molar-refractivity contribution in [2.24, 2.45) is 0 Å². The molecule has 0 aliphatic carbocycles. The monoisotopic (exact) mass is 93.0 g/mol. The first-order valence-electron chi connectivity index (χ1n) is 1.56. The third kappa shape index (κ3) is 4.68. The lowest BCUT2D eigenvalue weighted by atomic mass is 10.6. The predicted molar refractivity (Wildman–Crippen MR) is 23.6 cm³/mol. The van der Waals surface area contributed by atoms with Crippen molar-refractivity contribution in [3.63, 3.8) is 0 Å². The molecule has 0 amide bonds. The molecule has 2 heteroatoms. The molecule has 0 aromatic carbocycles. The highest BCUT2D eigenvalue weighted by Crippen LogP contribution is 1.54. The van der Waals surface area contributed by atoms with Crippen LogP contribution in [0.1, 0.15) is 0 Å². The highest BCUT2D eigenvalue weighted by atomic mass is 16.3. The van der Waals surface area contributed by atoms with E-state index in [9.17, 15) is 5.11 Å². The summed E-state index contributed by atoms with van der Waals surface area (Å²) in [6.07, 6.45) is 1.90. The Balaban J connectivity index is 3.96. The first-order chi connectivity index (χ1) is 3.27. The van der Waals surface area contributed by atoms with Crippen molar-refractivity contribution >= 4 is 5.90 Å². The van der Waals surface area contributed by atoms with Crippen LogP contribution in [-0.2, 0) is 0 Å². The van der Waals surface area contributed by atoms with Gasteiger partial charge in [0.2, 0.25) is 5.73 Å². The molecule has 0 heterocycles. The van der Waals surface area contributed by atoms with Gasteiger partial charge in [-0.25, -0.2) is 0 Å². The Labute approximate surface area is 41.6 Å². The average molecular weight is 93.1 g/mol. The minimum Gasteiger partial charge on any atom is -0.835 e. The van der Waals surface area contributed by atoms with Gasteiger partial charge in [0.15, 0.2) is 11.8 Å². The molecule has 0 unspecified atom stereocenters. The normalized spacial score (nSPS) is 5.14. The molecule has 0 bridgehead atoms. The highest BCUT2D eigenvalue weighted by molar-refractivity contribution is 5.75.